The number of carbonyl (C=O) groups excluding carboxylic acids is 3. The van der Waals surface area contributed by atoms with Gasteiger partial charge in [0, 0.05) is 19.3 Å². The fourth-order valence-electron chi connectivity index (χ4n) is 6.66. The van der Waals surface area contributed by atoms with Gasteiger partial charge in [-0.15, -0.1) is 0 Å². The molecular formula is C59H94O6. The number of unbranched alkanes of at least 4 members (excludes halogenated alkanes) is 17. The van der Waals surface area contributed by atoms with E-state index >= 15 is 0 Å². The van der Waals surface area contributed by atoms with Crippen molar-refractivity contribution in [3.8, 4) is 0 Å². The third-order valence-corrected chi connectivity index (χ3v) is 10.5. The number of rotatable bonds is 45. The number of esters is 3. The van der Waals surface area contributed by atoms with Gasteiger partial charge in [-0.3, -0.25) is 14.4 Å². The van der Waals surface area contributed by atoms with Crippen LogP contribution < -0.4 is 0 Å². The van der Waals surface area contributed by atoms with Gasteiger partial charge in [-0.1, -0.05) is 219 Å². The molecule has 1 atom stereocenters. The van der Waals surface area contributed by atoms with Crippen molar-refractivity contribution in [3.05, 3.63) is 122 Å². The molecule has 0 aromatic carbocycles. The monoisotopic (exact) mass is 899 g/mol. The number of allylic oxidation sites excluding steroid dienone is 20. The first kappa shape index (κ1) is 60.8. The lowest BCUT2D eigenvalue weighted by atomic mass is 10.1. The maximum Gasteiger partial charge on any atom is 0.306 e. The summed E-state index contributed by atoms with van der Waals surface area (Å²) in [5, 5.41) is 0. The molecule has 0 aliphatic rings. The molecule has 366 valence electrons. The van der Waals surface area contributed by atoms with E-state index in [9.17, 15) is 14.4 Å². The van der Waals surface area contributed by atoms with Gasteiger partial charge in [0.2, 0.25) is 0 Å². The molecule has 0 spiro atoms. The normalized spacial score (nSPS) is 13.1. The summed E-state index contributed by atoms with van der Waals surface area (Å²) in [5.41, 5.74) is 0. The summed E-state index contributed by atoms with van der Waals surface area (Å²) in [7, 11) is 0. The van der Waals surface area contributed by atoms with Crippen LogP contribution >= 0.6 is 0 Å². The minimum atomic E-state index is -0.830. The Kier molecular flexibility index (Phi) is 49.1. The molecule has 0 bridgehead atoms. The fourth-order valence-corrected chi connectivity index (χ4v) is 6.66. The fraction of sp³-hybridized carbons (Fsp3) is 0.610. The van der Waals surface area contributed by atoms with Crippen molar-refractivity contribution in [3.63, 3.8) is 0 Å². The van der Waals surface area contributed by atoms with E-state index in [2.05, 4.69) is 130 Å². The van der Waals surface area contributed by atoms with Gasteiger partial charge in [-0.2, -0.15) is 0 Å². The van der Waals surface area contributed by atoms with Crippen molar-refractivity contribution in [2.24, 2.45) is 0 Å². The van der Waals surface area contributed by atoms with Crippen molar-refractivity contribution in [2.45, 2.75) is 219 Å². The van der Waals surface area contributed by atoms with Crippen molar-refractivity contribution in [2.75, 3.05) is 13.2 Å². The highest BCUT2D eigenvalue weighted by atomic mass is 16.6. The van der Waals surface area contributed by atoms with Gasteiger partial charge in [0.05, 0.1) is 0 Å². The van der Waals surface area contributed by atoms with Crippen LogP contribution in [0.3, 0.4) is 0 Å². The van der Waals surface area contributed by atoms with Crippen LogP contribution in [-0.2, 0) is 28.6 Å². The van der Waals surface area contributed by atoms with Crippen molar-refractivity contribution >= 4 is 17.9 Å². The first-order valence-electron chi connectivity index (χ1n) is 26.1. The van der Waals surface area contributed by atoms with Crippen LogP contribution in [-0.4, -0.2) is 37.2 Å². The Bertz CT molecular complexity index is 1400. The molecule has 0 aliphatic carbocycles. The van der Waals surface area contributed by atoms with Crippen LogP contribution in [0.2, 0.25) is 0 Å². The van der Waals surface area contributed by atoms with E-state index in [0.717, 1.165) is 89.9 Å². The van der Waals surface area contributed by atoms with Gasteiger partial charge < -0.3 is 14.2 Å². The highest BCUT2D eigenvalue weighted by Gasteiger charge is 2.19. The molecule has 0 saturated carbocycles. The van der Waals surface area contributed by atoms with Gasteiger partial charge >= 0.3 is 17.9 Å². The summed E-state index contributed by atoms with van der Waals surface area (Å²) in [6, 6.07) is 0. The molecule has 0 saturated heterocycles. The number of carbonyl (C=O) groups is 3. The van der Waals surface area contributed by atoms with Crippen LogP contribution in [0.1, 0.15) is 213 Å². The van der Waals surface area contributed by atoms with Crippen molar-refractivity contribution < 1.29 is 28.6 Å². The molecule has 0 aromatic rings. The van der Waals surface area contributed by atoms with Crippen LogP contribution in [0.5, 0.6) is 0 Å². The van der Waals surface area contributed by atoms with Gasteiger partial charge in [0.25, 0.3) is 0 Å². The second kappa shape index (κ2) is 52.4. The number of hydrogen-bond donors (Lipinski definition) is 0. The molecule has 6 heteroatoms. The first-order valence-corrected chi connectivity index (χ1v) is 26.1. The Morgan fingerprint density at radius 1 is 0.338 bits per heavy atom. The van der Waals surface area contributed by atoms with Gasteiger partial charge in [-0.05, 0) is 96.3 Å². The smallest absolute Gasteiger partial charge is 0.306 e. The molecule has 0 aliphatic heterocycles. The largest absolute Gasteiger partial charge is 0.462 e. The molecule has 0 N–H and O–H groups in total. The molecule has 0 rings (SSSR count). The summed E-state index contributed by atoms with van der Waals surface area (Å²) in [6.45, 7) is 6.27. The molecule has 65 heavy (non-hydrogen) atoms. The number of ether oxygens (including phenoxy) is 3. The van der Waals surface area contributed by atoms with E-state index in [-0.39, 0.29) is 44.0 Å². The predicted molar refractivity (Wildman–Crippen MR) is 279 cm³/mol. The highest BCUT2D eigenvalue weighted by molar-refractivity contribution is 5.71. The Morgan fingerprint density at radius 2 is 0.708 bits per heavy atom. The van der Waals surface area contributed by atoms with Crippen LogP contribution in [0.15, 0.2) is 122 Å². The quantitative estimate of drug-likeness (QED) is 0.0199. The molecule has 0 radical (unpaired) electrons. The summed E-state index contributed by atoms with van der Waals surface area (Å²) in [6.07, 6.45) is 71.9. The molecule has 0 heterocycles. The topological polar surface area (TPSA) is 78.9 Å². The first-order chi connectivity index (χ1) is 32.0. The molecule has 0 aromatic heterocycles. The predicted octanol–water partition coefficient (Wildman–Crippen LogP) is 17.3. The Labute approximate surface area is 399 Å². The Balaban J connectivity index is 4.58. The van der Waals surface area contributed by atoms with Crippen molar-refractivity contribution in [1.82, 2.24) is 0 Å². The summed E-state index contributed by atoms with van der Waals surface area (Å²) >= 11 is 0. The average Bonchev–Trinajstić information content (AvgIpc) is 3.30. The van der Waals surface area contributed by atoms with E-state index in [1.54, 1.807) is 0 Å². The summed E-state index contributed by atoms with van der Waals surface area (Å²) in [4.78, 5) is 38.0. The highest BCUT2D eigenvalue weighted by Crippen LogP contribution is 2.13. The third kappa shape index (κ3) is 50.7. The Hall–Kier alpha value is -4.19. The van der Waals surface area contributed by atoms with Crippen LogP contribution in [0.25, 0.3) is 0 Å². The summed E-state index contributed by atoms with van der Waals surface area (Å²) < 4.78 is 16.7. The van der Waals surface area contributed by atoms with Crippen molar-refractivity contribution in [1.29, 1.82) is 0 Å². The zero-order chi connectivity index (χ0) is 47.2. The van der Waals surface area contributed by atoms with E-state index in [4.69, 9.17) is 14.2 Å². The zero-order valence-corrected chi connectivity index (χ0v) is 41.7. The number of hydrogen-bond acceptors (Lipinski definition) is 6. The lowest BCUT2D eigenvalue weighted by Crippen LogP contribution is -2.30. The summed E-state index contributed by atoms with van der Waals surface area (Å²) in [5.74, 6) is -1.05. The second-order valence-electron chi connectivity index (χ2n) is 16.8. The average molecular weight is 899 g/mol. The van der Waals surface area contributed by atoms with Gasteiger partial charge in [-0.25, -0.2) is 0 Å². The third-order valence-electron chi connectivity index (χ3n) is 10.5. The van der Waals surface area contributed by atoms with Crippen LogP contribution in [0.4, 0.5) is 0 Å². The van der Waals surface area contributed by atoms with Gasteiger partial charge in [0.15, 0.2) is 6.10 Å². The second-order valence-corrected chi connectivity index (χ2v) is 16.8. The van der Waals surface area contributed by atoms with E-state index in [1.165, 1.54) is 70.6 Å². The lowest BCUT2D eigenvalue weighted by molar-refractivity contribution is -0.166. The van der Waals surface area contributed by atoms with E-state index in [1.807, 2.05) is 12.2 Å². The minimum Gasteiger partial charge on any atom is -0.462 e. The van der Waals surface area contributed by atoms with E-state index in [0.29, 0.717) is 19.3 Å². The molecular weight excluding hydrogens is 805 g/mol. The lowest BCUT2D eigenvalue weighted by Gasteiger charge is -2.18. The minimum absolute atomic E-state index is 0.121. The Morgan fingerprint density at radius 3 is 1.20 bits per heavy atom. The maximum atomic E-state index is 12.8. The SMILES string of the molecule is CC\C=C/C=C\C=C/CCCCCCCCCC(=O)OCC(COC(=O)CC/C=C\C/C=C\C/C=C\C/C=C\C/C=C\CC)OC(=O)CCCCC/C=C\C=C/CCCCCCCCC. The van der Waals surface area contributed by atoms with Gasteiger partial charge in [0.1, 0.15) is 13.2 Å². The molecule has 6 nitrogen and oxygen atoms in total. The zero-order valence-electron chi connectivity index (χ0n) is 41.7. The molecule has 0 fully saturated rings. The standard InChI is InChI=1S/C59H94O6/c1-4-7-10-13-16-19-22-25-28-31-34-37-40-43-46-49-52-58(61)64-55-56(54-63-57(60)51-48-45-42-39-36-33-30-27-24-21-18-15-12-9-6-3)65-59(62)53-50-47-44-41-38-35-32-29-26-23-20-17-14-11-8-5-2/h7,9-10,12,15-16,18-19,21,24-25,28-29,32,34-35,37-38,43,46,56H,4-6,8,11,13-14,17,20,22-23,26-27,30-31,33,36,39-42,44-45,47-55H2,1-3H3/b10-7-,12-9-,18-15-,19-16-,24-21-,28-25-,32-29-,37-34-,38-35-,46-43-. The maximum absolute atomic E-state index is 12.8. The van der Waals surface area contributed by atoms with Crippen LogP contribution in [0, 0.1) is 0 Å². The molecule has 1 unspecified atom stereocenters. The molecule has 0 amide bonds. The van der Waals surface area contributed by atoms with E-state index < -0.39 is 6.10 Å².